The number of amides is 1. The molecule has 152 valence electrons. The molecule has 3 atom stereocenters. The van der Waals surface area contributed by atoms with Gasteiger partial charge in [0.2, 0.25) is 15.9 Å². The van der Waals surface area contributed by atoms with E-state index in [2.05, 4.69) is 28.6 Å². The van der Waals surface area contributed by atoms with Crippen LogP contribution in [0.3, 0.4) is 0 Å². The van der Waals surface area contributed by atoms with Crippen LogP contribution in [0.1, 0.15) is 33.1 Å². The van der Waals surface area contributed by atoms with Gasteiger partial charge in [-0.05, 0) is 42.5 Å². The van der Waals surface area contributed by atoms with Gasteiger partial charge in [-0.15, -0.1) is 13.2 Å². The standard InChI is InChI=1S/C17H23F3N2O4S/c1-11-4-3-5-15(12(11)2)22-16(23)10-21-27(24,25)14-8-6-13(7-9-14)26-17(18,19)20/h6-9,11-12,15,21H,3-5,10H2,1-2H3,(H,22,23). The van der Waals surface area contributed by atoms with Crippen molar-refractivity contribution in [3.8, 4) is 5.75 Å². The van der Waals surface area contributed by atoms with E-state index in [0.717, 1.165) is 43.5 Å². The summed E-state index contributed by atoms with van der Waals surface area (Å²) in [6.45, 7) is 3.74. The Hall–Kier alpha value is -1.81. The third-order valence-corrected chi connectivity index (χ3v) is 6.26. The first-order chi connectivity index (χ1) is 12.5. The zero-order valence-corrected chi connectivity index (χ0v) is 15.9. The summed E-state index contributed by atoms with van der Waals surface area (Å²) in [6, 6.07) is 3.75. The molecule has 1 fully saturated rings. The minimum atomic E-state index is -4.86. The number of sulfonamides is 1. The number of rotatable bonds is 6. The summed E-state index contributed by atoms with van der Waals surface area (Å²) < 4.78 is 66.6. The number of nitrogens with one attached hydrogen (secondary N) is 2. The first-order valence-corrected chi connectivity index (χ1v) is 10.1. The van der Waals surface area contributed by atoms with Crippen LogP contribution < -0.4 is 14.8 Å². The Morgan fingerprint density at radius 2 is 1.81 bits per heavy atom. The van der Waals surface area contributed by atoms with Gasteiger partial charge < -0.3 is 10.1 Å². The average molecular weight is 408 g/mol. The Bertz CT molecular complexity index is 750. The van der Waals surface area contributed by atoms with E-state index in [9.17, 15) is 26.4 Å². The number of carbonyl (C=O) groups is 1. The van der Waals surface area contributed by atoms with Crippen LogP contribution in [0.4, 0.5) is 13.2 Å². The van der Waals surface area contributed by atoms with E-state index in [0.29, 0.717) is 11.8 Å². The predicted molar refractivity (Wildman–Crippen MR) is 92.4 cm³/mol. The van der Waals surface area contributed by atoms with Crippen LogP contribution in [-0.4, -0.2) is 33.3 Å². The number of hydrogen-bond acceptors (Lipinski definition) is 4. The molecule has 3 unspecified atom stereocenters. The number of benzene rings is 1. The zero-order valence-electron chi connectivity index (χ0n) is 15.0. The van der Waals surface area contributed by atoms with Crippen molar-refractivity contribution in [2.75, 3.05) is 6.54 Å². The lowest BCUT2D eigenvalue weighted by Gasteiger charge is -2.34. The van der Waals surface area contributed by atoms with Gasteiger partial charge in [-0.3, -0.25) is 4.79 Å². The van der Waals surface area contributed by atoms with Gasteiger partial charge >= 0.3 is 6.36 Å². The monoisotopic (exact) mass is 408 g/mol. The van der Waals surface area contributed by atoms with Crippen molar-refractivity contribution >= 4 is 15.9 Å². The molecule has 0 bridgehead atoms. The Balaban J connectivity index is 1.91. The molecule has 2 rings (SSSR count). The highest BCUT2D eigenvalue weighted by Crippen LogP contribution is 2.29. The minimum absolute atomic E-state index is 0.00422. The maximum atomic E-state index is 12.2. The van der Waals surface area contributed by atoms with Crippen molar-refractivity contribution < 1.29 is 31.1 Å². The number of ether oxygens (including phenoxy) is 1. The molecule has 0 aliphatic heterocycles. The molecule has 1 aromatic rings. The van der Waals surface area contributed by atoms with Gasteiger partial charge in [-0.1, -0.05) is 26.7 Å². The average Bonchev–Trinajstić information content (AvgIpc) is 2.56. The van der Waals surface area contributed by atoms with Crippen LogP contribution in [-0.2, 0) is 14.8 Å². The Morgan fingerprint density at radius 1 is 1.19 bits per heavy atom. The first kappa shape index (κ1) is 21.5. The van der Waals surface area contributed by atoms with Crippen LogP contribution in [0, 0.1) is 11.8 Å². The summed E-state index contributed by atoms with van der Waals surface area (Å²) in [4.78, 5) is 11.8. The second-order valence-corrected chi connectivity index (χ2v) is 8.55. The maximum Gasteiger partial charge on any atom is 0.573 e. The zero-order chi connectivity index (χ0) is 20.2. The number of carbonyl (C=O) groups excluding carboxylic acids is 1. The molecule has 0 saturated heterocycles. The lowest BCUT2D eigenvalue weighted by Crippen LogP contribution is -2.47. The fraction of sp³-hybridized carbons (Fsp3) is 0.588. The summed E-state index contributed by atoms with van der Waals surface area (Å²) in [5.74, 6) is -0.181. The normalized spacial score (nSPS) is 23.7. The third kappa shape index (κ3) is 6.39. The SMILES string of the molecule is CC1CCCC(NC(=O)CNS(=O)(=O)c2ccc(OC(F)(F)F)cc2)C1C. The van der Waals surface area contributed by atoms with Gasteiger partial charge in [0.25, 0.3) is 0 Å². The van der Waals surface area contributed by atoms with E-state index in [1.54, 1.807) is 0 Å². The largest absolute Gasteiger partial charge is 0.573 e. The van der Waals surface area contributed by atoms with Crippen LogP contribution in [0.2, 0.25) is 0 Å². The summed E-state index contributed by atoms with van der Waals surface area (Å²) in [5, 5.41) is 2.85. The molecule has 2 N–H and O–H groups in total. The number of hydrogen-bond donors (Lipinski definition) is 2. The van der Waals surface area contributed by atoms with Crippen molar-refractivity contribution in [3.63, 3.8) is 0 Å². The molecule has 0 aromatic heterocycles. The summed E-state index contributed by atoms with van der Waals surface area (Å²) in [5.41, 5.74) is 0. The van der Waals surface area contributed by atoms with Crippen molar-refractivity contribution in [2.24, 2.45) is 11.8 Å². The highest BCUT2D eigenvalue weighted by atomic mass is 32.2. The lowest BCUT2D eigenvalue weighted by atomic mass is 9.78. The van der Waals surface area contributed by atoms with Gasteiger partial charge in [-0.25, -0.2) is 13.1 Å². The topological polar surface area (TPSA) is 84.5 Å². The Morgan fingerprint density at radius 3 is 2.41 bits per heavy atom. The molecule has 1 aliphatic rings. The Kier molecular flexibility index (Phi) is 6.74. The van der Waals surface area contributed by atoms with Crippen molar-refractivity contribution in [1.29, 1.82) is 0 Å². The molecule has 10 heteroatoms. The second kappa shape index (κ2) is 8.47. The number of halogens is 3. The van der Waals surface area contributed by atoms with E-state index in [1.165, 1.54) is 0 Å². The van der Waals surface area contributed by atoms with E-state index < -0.39 is 34.6 Å². The van der Waals surface area contributed by atoms with Gasteiger partial charge in [0.05, 0.1) is 11.4 Å². The molecular formula is C17H23F3N2O4S. The quantitative estimate of drug-likeness (QED) is 0.758. The third-order valence-electron chi connectivity index (χ3n) is 4.84. The van der Waals surface area contributed by atoms with E-state index in [-0.39, 0.29) is 10.9 Å². The summed E-state index contributed by atoms with van der Waals surface area (Å²) in [6.07, 6.45) is -1.89. The molecule has 0 radical (unpaired) electrons. The number of alkyl halides is 3. The van der Waals surface area contributed by atoms with Crippen LogP contribution in [0.25, 0.3) is 0 Å². The van der Waals surface area contributed by atoms with Gasteiger partial charge in [0, 0.05) is 6.04 Å². The summed E-state index contributed by atoms with van der Waals surface area (Å²) in [7, 11) is -4.03. The molecule has 1 aliphatic carbocycles. The van der Waals surface area contributed by atoms with Crippen molar-refractivity contribution in [2.45, 2.75) is 50.4 Å². The van der Waals surface area contributed by atoms with E-state index in [1.807, 2.05) is 0 Å². The van der Waals surface area contributed by atoms with Crippen molar-refractivity contribution in [3.05, 3.63) is 24.3 Å². The summed E-state index contributed by atoms with van der Waals surface area (Å²) >= 11 is 0. The van der Waals surface area contributed by atoms with Gasteiger partial charge in [0.1, 0.15) is 5.75 Å². The predicted octanol–water partition coefficient (Wildman–Crippen LogP) is 2.80. The van der Waals surface area contributed by atoms with Crippen molar-refractivity contribution in [1.82, 2.24) is 10.0 Å². The minimum Gasteiger partial charge on any atom is -0.406 e. The van der Waals surface area contributed by atoms with Crippen LogP contribution in [0.15, 0.2) is 29.2 Å². The highest BCUT2D eigenvalue weighted by Gasteiger charge is 2.31. The molecule has 0 heterocycles. The van der Waals surface area contributed by atoms with Crippen LogP contribution in [0.5, 0.6) is 5.75 Å². The van der Waals surface area contributed by atoms with Gasteiger partial charge in [-0.2, -0.15) is 0 Å². The van der Waals surface area contributed by atoms with Crippen LogP contribution >= 0.6 is 0 Å². The first-order valence-electron chi connectivity index (χ1n) is 8.63. The lowest BCUT2D eigenvalue weighted by molar-refractivity contribution is -0.274. The molecule has 6 nitrogen and oxygen atoms in total. The molecular weight excluding hydrogens is 385 g/mol. The smallest absolute Gasteiger partial charge is 0.406 e. The fourth-order valence-corrected chi connectivity index (χ4v) is 4.09. The molecule has 1 saturated carbocycles. The van der Waals surface area contributed by atoms with E-state index >= 15 is 0 Å². The molecule has 27 heavy (non-hydrogen) atoms. The molecule has 1 aromatic carbocycles. The maximum absolute atomic E-state index is 12.2. The van der Waals surface area contributed by atoms with E-state index in [4.69, 9.17) is 0 Å². The Labute approximate surface area is 156 Å². The van der Waals surface area contributed by atoms with Gasteiger partial charge in [0.15, 0.2) is 0 Å². The molecule has 0 spiro atoms. The second-order valence-electron chi connectivity index (χ2n) is 6.79. The molecule has 1 amide bonds. The fourth-order valence-electron chi connectivity index (χ4n) is 3.11. The highest BCUT2D eigenvalue weighted by molar-refractivity contribution is 7.89.